The molecule has 0 heteroatoms. The third kappa shape index (κ3) is 4.24. The lowest BCUT2D eigenvalue weighted by molar-refractivity contribution is 1.48. The molecule has 0 saturated heterocycles. The Morgan fingerprint density at radius 1 is 0.167 bits per heavy atom. The van der Waals surface area contributed by atoms with Crippen molar-refractivity contribution in [2.24, 2.45) is 0 Å². The predicted octanol–water partition coefficient (Wildman–Crippen LogP) is 9.07. The molecule has 0 atom stereocenters. The second kappa shape index (κ2) is 10.6. The molecule has 0 radical (unpaired) electrons. The monoisotopic (exact) mass is 516 g/mol. The highest BCUT2D eigenvalue weighted by Crippen LogP contribution is 2.36. The summed E-state index contributed by atoms with van der Waals surface area (Å²) in [6, 6.07) is 0. The highest BCUT2D eigenvalue weighted by atomic mass is 14.2. The minimum absolute atomic E-state index is 0.822. The first kappa shape index (κ1) is 24.0. The third-order valence-corrected chi connectivity index (χ3v) is 6.95. The van der Waals surface area contributed by atoms with E-state index in [2.05, 4.69) is 103 Å². The van der Waals surface area contributed by atoms with Crippen molar-refractivity contribution in [2.75, 3.05) is 0 Å². The van der Waals surface area contributed by atoms with Crippen molar-refractivity contribution in [1.29, 1.82) is 0 Å². The number of rotatable bonds is 0. The fraction of sp³-hybridized carbons (Fsp3) is 0. The first-order chi connectivity index (χ1) is 20.9. The molecule has 8 rings (SSSR count). The third-order valence-electron chi connectivity index (χ3n) is 6.95. The van der Waals surface area contributed by atoms with Crippen molar-refractivity contribution in [2.45, 2.75) is 0 Å². The summed E-state index contributed by atoms with van der Waals surface area (Å²) < 4.78 is 0. The van der Waals surface area contributed by atoms with E-state index in [1.807, 2.05) is 72.9 Å². The number of benzene rings is 2. The highest BCUT2D eigenvalue weighted by molar-refractivity contribution is 5.92. The highest BCUT2D eigenvalue weighted by Gasteiger charge is 2.19. The van der Waals surface area contributed by atoms with Crippen LogP contribution in [0.15, 0.2) is 103 Å². The van der Waals surface area contributed by atoms with Gasteiger partial charge in [-0.25, -0.2) is 0 Å². The van der Waals surface area contributed by atoms with Crippen LogP contribution in [0.2, 0.25) is 0 Å². The molecule has 0 saturated carbocycles. The quantitative estimate of drug-likeness (QED) is 0.176. The second-order valence-electron chi connectivity index (χ2n) is 9.18. The molecule has 2 aromatic carbocycles. The zero-order valence-corrected chi connectivity index (χ0v) is 21.9. The Balaban J connectivity index is 2.06. The van der Waals surface area contributed by atoms with Gasteiger partial charge in [0.2, 0.25) is 0 Å². The fourth-order valence-corrected chi connectivity index (χ4v) is 5.16. The average molecular weight is 517 g/mol. The molecule has 0 fully saturated rings. The van der Waals surface area contributed by atoms with Gasteiger partial charge in [0.05, 0.1) is 0 Å². The Bertz CT molecular complexity index is 1930. The molecule has 42 heavy (non-hydrogen) atoms. The lowest BCUT2D eigenvalue weighted by atomic mass is 9.85. The molecule has 0 aliphatic heterocycles. The van der Waals surface area contributed by atoms with E-state index in [1.54, 1.807) is 0 Å². The molecule has 0 spiro atoms. The first-order valence-corrected chi connectivity index (χ1v) is 12.9. The van der Waals surface area contributed by atoms with Crippen LogP contribution in [0, 0.1) is 0 Å². The van der Waals surface area contributed by atoms with Gasteiger partial charge in [0.15, 0.2) is 0 Å². The molecule has 180 valence electrons. The van der Waals surface area contributed by atoms with E-state index < -0.39 is 0 Å². The van der Waals surface area contributed by atoms with Crippen LogP contribution in [0.4, 0.5) is 0 Å². The average Bonchev–Trinajstić information content (AvgIpc) is 2.99. The van der Waals surface area contributed by atoms with E-state index in [0.29, 0.717) is 0 Å². The summed E-state index contributed by atoms with van der Waals surface area (Å²) in [5, 5.41) is 0. The van der Waals surface area contributed by atoms with Gasteiger partial charge in [-0.05, 0) is 174 Å². The van der Waals surface area contributed by atoms with Crippen molar-refractivity contribution in [3.63, 3.8) is 0 Å². The van der Waals surface area contributed by atoms with Gasteiger partial charge in [-0.1, -0.05) is 68.8 Å². The lowest BCUT2D eigenvalue weighted by Gasteiger charge is -2.17. The van der Waals surface area contributed by atoms with E-state index in [9.17, 15) is 0 Å². The van der Waals surface area contributed by atoms with E-state index in [4.69, 9.17) is 0 Å². The summed E-state index contributed by atoms with van der Waals surface area (Å²) in [5.41, 5.74) is 66.7. The van der Waals surface area contributed by atoms with Crippen LogP contribution in [-0.2, 0) is 0 Å². The van der Waals surface area contributed by atoms with Crippen molar-refractivity contribution in [3.05, 3.63) is 170 Å². The molecule has 0 amide bonds. The molecule has 0 N–H and O–H groups in total. The van der Waals surface area contributed by atoms with Gasteiger partial charge in [-0.15, -0.1) is 0 Å². The molecular formula is C42H12. The lowest BCUT2D eigenvalue weighted by Crippen LogP contribution is -2.00. The fourth-order valence-electron chi connectivity index (χ4n) is 5.16. The minimum Gasteiger partial charge on any atom is -0.0608 e. The standard InChI is InChI=1S/C42H12/c1-7-19-31-33-21-9-2-10-22-34-32(20-8-1)36-24-12-3-11-23-35(31)39-27-15-5-16-28-40(36)42-30-18-6-17-29-41(39)37(33)25-13-4-14-26-38(34)42/h19-30H. The topological polar surface area (TPSA) is 0 Å². The van der Waals surface area contributed by atoms with Crippen molar-refractivity contribution in [3.8, 4) is 0 Å². The van der Waals surface area contributed by atoms with Gasteiger partial charge >= 0.3 is 0 Å². The maximum absolute atomic E-state index is 3.19. The second-order valence-corrected chi connectivity index (χ2v) is 9.18. The van der Waals surface area contributed by atoms with Gasteiger partial charge in [-0.2, -0.15) is 0 Å². The van der Waals surface area contributed by atoms with E-state index in [-0.39, 0.29) is 0 Å². The summed E-state index contributed by atoms with van der Waals surface area (Å²) in [6.07, 6.45) is 22.3. The van der Waals surface area contributed by atoms with Gasteiger partial charge in [0.1, 0.15) is 0 Å². The molecule has 0 unspecified atom stereocenters. The maximum Gasteiger partial charge on any atom is -0.000165 e. The molecular weight excluding hydrogens is 504 g/mol. The predicted molar refractivity (Wildman–Crippen MR) is 170 cm³/mol. The molecule has 0 nitrogen and oxygen atoms in total. The summed E-state index contributed by atoms with van der Waals surface area (Å²) >= 11 is 0. The molecule has 0 aromatic heterocycles. The van der Waals surface area contributed by atoms with Gasteiger partial charge in [0.25, 0.3) is 0 Å². The molecule has 6 aliphatic rings. The molecule has 0 heterocycles. The molecule has 6 aliphatic carbocycles. The molecule has 12 bridgehead atoms. The largest absolute Gasteiger partial charge is 0.0608 e. The van der Waals surface area contributed by atoms with Crippen molar-refractivity contribution < 1.29 is 0 Å². The zero-order valence-electron chi connectivity index (χ0n) is 21.9. The Hall–Kier alpha value is -7.08. The van der Waals surface area contributed by atoms with Crippen LogP contribution < -0.4 is 0 Å². The smallest absolute Gasteiger partial charge is 0.000165 e. The summed E-state index contributed by atoms with van der Waals surface area (Å²) in [5.74, 6) is 0. The van der Waals surface area contributed by atoms with Crippen molar-refractivity contribution >= 4 is 72.9 Å². The summed E-state index contributed by atoms with van der Waals surface area (Å²) in [6.45, 7) is 0. The maximum atomic E-state index is 3.19. The van der Waals surface area contributed by atoms with Crippen LogP contribution in [0.3, 0.4) is 0 Å². The Morgan fingerprint density at radius 2 is 0.262 bits per heavy atom. The SMILES string of the molecule is C1=C=Cc2c3c4c5c6c2C=C=C=C=Cc2c(c(c(c(c2C=C=C=C=C6)C=C=C=C=C5)C=C=C=C=C4)C=C=C=C=C3)C=C=1. The summed E-state index contributed by atoms with van der Waals surface area (Å²) in [7, 11) is 0. The van der Waals surface area contributed by atoms with E-state index in [1.165, 1.54) is 0 Å². The van der Waals surface area contributed by atoms with Gasteiger partial charge in [-0.3, -0.25) is 0 Å². The Morgan fingerprint density at radius 3 is 0.357 bits per heavy atom. The van der Waals surface area contributed by atoms with Crippen LogP contribution in [0.1, 0.15) is 66.8 Å². The Kier molecular flexibility index (Phi) is 6.05. The zero-order chi connectivity index (χ0) is 28.1. The minimum atomic E-state index is 0.822. The Labute approximate surface area is 242 Å². The van der Waals surface area contributed by atoms with Gasteiger partial charge < -0.3 is 0 Å². The van der Waals surface area contributed by atoms with Crippen LogP contribution in [0.5, 0.6) is 0 Å². The first-order valence-electron chi connectivity index (χ1n) is 12.9. The summed E-state index contributed by atoms with van der Waals surface area (Å²) in [4.78, 5) is 0. The van der Waals surface area contributed by atoms with E-state index >= 15 is 0 Å². The number of hydrogen-bond donors (Lipinski definition) is 0. The number of hydrogen-bond acceptors (Lipinski definition) is 0. The normalized spacial score (nSPS) is 13.1. The van der Waals surface area contributed by atoms with E-state index in [0.717, 1.165) is 66.8 Å². The molecule has 2 aromatic rings. The van der Waals surface area contributed by atoms with Crippen LogP contribution in [-0.4, -0.2) is 0 Å². The van der Waals surface area contributed by atoms with Crippen molar-refractivity contribution in [1.82, 2.24) is 0 Å². The van der Waals surface area contributed by atoms with Crippen LogP contribution >= 0.6 is 0 Å². The van der Waals surface area contributed by atoms with Crippen LogP contribution in [0.25, 0.3) is 72.9 Å². The van der Waals surface area contributed by atoms with Gasteiger partial charge in [0, 0.05) is 0 Å².